The van der Waals surface area contributed by atoms with Gasteiger partial charge in [0.2, 0.25) is 0 Å². The first-order valence-corrected chi connectivity index (χ1v) is 4.34. The van der Waals surface area contributed by atoms with Crippen LogP contribution in [0.25, 0.3) is 0 Å². The maximum absolute atomic E-state index is 11.0. The first kappa shape index (κ1) is 8.01. The minimum absolute atomic E-state index is 0.0569. The molecule has 0 aromatic rings. The van der Waals surface area contributed by atoms with Crippen molar-refractivity contribution in [2.45, 2.75) is 6.04 Å². The molecule has 0 unspecified atom stereocenters. The number of carbonyl (C=O) groups is 1. The summed E-state index contributed by atoms with van der Waals surface area (Å²) in [5, 5.41) is 3.21. The van der Waals surface area contributed by atoms with Crippen molar-refractivity contribution in [3.8, 4) is 0 Å². The van der Waals surface area contributed by atoms with Crippen LogP contribution in [0.2, 0.25) is 0 Å². The van der Waals surface area contributed by atoms with E-state index in [1.165, 1.54) is 7.11 Å². The summed E-state index contributed by atoms with van der Waals surface area (Å²) in [6.45, 7) is 3.93. The standard InChI is InChI=1S/C8H14N2O2/c1-12-8(11)6-4-10(5-6)7-2-9-3-7/h6-7,9H,2-5H2,1H3. The Morgan fingerprint density at radius 3 is 2.58 bits per heavy atom. The van der Waals surface area contributed by atoms with Crippen molar-refractivity contribution in [1.29, 1.82) is 0 Å². The van der Waals surface area contributed by atoms with Crippen molar-refractivity contribution >= 4 is 5.97 Å². The average Bonchev–Trinajstić information content (AvgIpc) is 1.90. The Morgan fingerprint density at radius 1 is 1.50 bits per heavy atom. The van der Waals surface area contributed by atoms with Gasteiger partial charge in [0, 0.05) is 32.2 Å². The Labute approximate surface area is 71.9 Å². The minimum Gasteiger partial charge on any atom is -0.469 e. The van der Waals surface area contributed by atoms with Crippen molar-refractivity contribution in [2.75, 3.05) is 33.3 Å². The van der Waals surface area contributed by atoms with Gasteiger partial charge >= 0.3 is 5.97 Å². The highest BCUT2D eigenvalue weighted by molar-refractivity contribution is 5.73. The minimum atomic E-state index is -0.0569. The van der Waals surface area contributed by atoms with E-state index in [1.807, 2.05) is 0 Å². The number of ether oxygens (including phenoxy) is 1. The third-order valence-electron chi connectivity index (χ3n) is 2.72. The molecule has 4 heteroatoms. The molecular weight excluding hydrogens is 156 g/mol. The molecule has 2 fully saturated rings. The van der Waals surface area contributed by atoms with E-state index in [0.29, 0.717) is 6.04 Å². The van der Waals surface area contributed by atoms with E-state index in [-0.39, 0.29) is 11.9 Å². The monoisotopic (exact) mass is 170 g/mol. The lowest BCUT2D eigenvalue weighted by Gasteiger charge is -2.46. The lowest BCUT2D eigenvalue weighted by atomic mass is 9.96. The highest BCUT2D eigenvalue weighted by Gasteiger charge is 2.39. The number of nitrogens with zero attached hydrogens (tertiary/aromatic N) is 1. The molecule has 0 aromatic carbocycles. The van der Waals surface area contributed by atoms with E-state index >= 15 is 0 Å². The molecule has 2 heterocycles. The first-order chi connectivity index (χ1) is 5.81. The first-order valence-electron chi connectivity index (χ1n) is 4.34. The summed E-state index contributed by atoms with van der Waals surface area (Å²) in [7, 11) is 1.45. The number of carbonyl (C=O) groups excluding carboxylic acids is 1. The number of hydrogen-bond acceptors (Lipinski definition) is 4. The van der Waals surface area contributed by atoms with Gasteiger partial charge in [0.1, 0.15) is 0 Å². The third-order valence-corrected chi connectivity index (χ3v) is 2.72. The molecule has 1 N–H and O–H groups in total. The van der Waals surface area contributed by atoms with E-state index in [1.54, 1.807) is 0 Å². The molecule has 12 heavy (non-hydrogen) atoms. The second-order valence-electron chi connectivity index (χ2n) is 3.49. The SMILES string of the molecule is COC(=O)C1CN(C2CNC2)C1. The van der Waals surface area contributed by atoms with Crippen LogP contribution < -0.4 is 5.32 Å². The van der Waals surface area contributed by atoms with Gasteiger partial charge < -0.3 is 10.1 Å². The van der Waals surface area contributed by atoms with Gasteiger partial charge in [-0.1, -0.05) is 0 Å². The molecule has 0 aliphatic carbocycles. The topological polar surface area (TPSA) is 41.6 Å². The molecule has 2 saturated heterocycles. The van der Waals surface area contributed by atoms with Crippen LogP contribution in [0.1, 0.15) is 0 Å². The van der Waals surface area contributed by atoms with E-state index in [4.69, 9.17) is 0 Å². The highest BCUT2D eigenvalue weighted by atomic mass is 16.5. The molecule has 0 aromatic heterocycles. The second-order valence-corrected chi connectivity index (χ2v) is 3.49. The third kappa shape index (κ3) is 1.21. The molecule has 2 rings (SSSR count). The van der Waals surface area contributed by atoms with Gasteiger partial charge in [-0.2, -0.15) is 0 Å². The fraction of sp³-hybridized carbons (Fsp3) is 0.875. The summed E-state index contributed by atoms with van der Waals surface area (Å²) in [6, 6.07) is 0.672. The normalized spacial score (nSPS) is 26.1. The summed E-state index contributed by atoms with van der Waals surface area (Å²) in [6.07, 6.45) is 0. The van der Waals surface area contributed by atoms with Gasteiger partial charge in [0.15, 0.2) is 0 Å². The highest BCUT2D eigenvalue weighted by Crippen LogP contribution is 2.21. The molecule has 68 valence electrons. The van der Waals surface area contributed by atoms with Gasteiger partial charge in [-0.3, -0.25) is 9.69 Å². The van der Waals surface area contributed by atoms with Crippen molar-refractivity contribution in [2.24, 2.45) is 5.92 Å². The summed E-state index contributed by atoms with van der Waals surface area (Å²) in [4.78, 5) is 13.3. The Balaban J connectivity index is 1.72. The predicted molar refractivity (Wildman–Crippen MR) is 43.7 cm³/mol. The lowest BCUT2D eigenvalue weighted by Crippen LogP contribution is -2.65. The van der Waals surface area contributed by atoms with Gasteiger partial charge in [0.05, 0.1) is 13.0 Å². The molecule has 4 nitrogen and oxygen atoms in total. The molecule has 0 atom stereocenters. The van der Waals surface area contributed by atoms with Crippen LogP contribution in [0, 0.1) is 5.92 Å². The molecule has 0 saturated carbocycles. The fourth-order valence-corrected chi connectivity index (χ4v) is 1.66. The Hall–Kier alpha value is -0.610. The summed E-state index contributed by atoms with van der Waals surface area (Å²) >= 11 is 0. The van der Waals surface area contributed by atoms with Crippen molar-refractivity contribution in [3.63, 3.8) is 0 Å². The molecule has 0 bridgehead atoms. The van der Waals surface area contributed by atoms with E-state index in [9.17, 15) is 4.79 Å². The molecule has 0 amide bonds. The van der Waals surface area contributed by atoms with Crippen LogP contribution in [0.4, 0.5) is 0 Å². The molecule has 0 spiro atoms. The van der Waals surface area contributed by atoms with Crippen molar-refractivity contribution < 1.29 is 9.53 Å². The Bertz CT molecular complexity index is 185. The van der Waals surface area contributed by atoms with Gasteiger partial charge in [-0.05, 0) is 0 Å². The Kier molecular flexibility index (Phi) is 2.02. The zero-order chi connectivity index (χ0) is 8.55. The number of methoxy groups -OCH3 is 1. The number of hydrogen-bond donors (Lipinski definition) is 1. The number of rotatable bonds is 2. The van der Waals surface area contributed by atoms with E-state index < -0.39 is 0 Å². The molecule has 2 aliphatic rings. The quantitative estimate of drug-likeness (QED) is 0.543. The van der Waals surface area contributed by atoms with Crippen LogP contribution in [-0.4, -0.2) is 50.2 Å². The zero-order valence-electron chi connectivity index (χ0n) is 7.25. The maximum Gasteiger partial charge on any atom is 0.311 e. The maximum atomic E-state index is 11.0. The van der Waals surface area contributed by atoms with Crippen LogP contribution in [0.15, 0.2) is 0 Å². The van der Waals surface area contributed by atoms with Gasteiger partial charge in [-0.15, -0.1) is 0 Å². The average molecular weight is 170 g/mol. The lowest BCUT2D eigenvalue weighted by molar-refractivity contribution is -0.153. The molecule has 2 aliphatic heterocycles. The Morgan fingerprint density at radius 2 is 2.17 bits per heavy atom. The number of likely N-dealkylation sites (tertiary alicyclic amines) is 1. The van der Waals surface area contributed by atoms with Crippen molar-refractivity contribution in [1.82, 2.24) is 10.2 Å². The number of nitrogens with one attached hydrogen (secondary N) is 1. The predicted octanol–water partition coefficient (Wildman–Crippen LogP) is -0.937. The summed E-state index contributed by atoms with van der Waals surface area (Å²) in [5.74, 6) is 0.0779. The summed E-state index contributed by atoms with van der Waals surface area (Å²) < 4.78 is 4.65. The van der Waals surface area contributed by atoms with Gasteiger partial charge in [-0.25, -0.2) is 0 Å². The smallest absolute Gasteiger partial charge is 0.311 e. The van der Waals surface area contributed by atoms with Crippen LogP contribution in [0.3, 0.4) is 0 Å². The fourth-order valence-electron chi connectivity index (χ4n) is 1.66. The molecular formula is C8H14N2O2. The van der Waals surface area contributed by atoms with Crippen LogP contribution in [0.5, 0.6) is 0 Å². The second kappa shape index (κ2) is 3.03. The summed E-state index contributed by atoms with van der Waals surface area (Å²) in [5.41, 5.74) is 0. The van der Waals surface area contributed by atoms with Crippen LogP contribution in [-0.2, 0) is 9.53 Å². The number of esters is 1. The molecule has 0 radical (unpaired) electrons. The van der Waals surface area contributed by atoms with Gasteiger partial charge in [0.25, 0.3) is 0 Å². The van der Waals surface area contributed by atoms with E-state index in [2.05, 4.69) is 15.0 Å². The zero-order valence-corrected chi connectivity index (χ0v) is 7.25. The van der Waals surface area contributed by atoms with E-state index in [0.717, 1.165) is 26.2 Å². The largest absolute Gasteiger partial charge is 0.469 e. The van der Waals surface area contributed by atoms with Crippen LogP contribution >= 0.6 is 0 Å². The van der Waals surface area contributed by atoms with Crippen molar-refractivity contribution in [3.05, 3.63) is 0 Å².